The minimum absolute atomic E-state index is 0.573. The lowest BCUT2D eigenvalue weighted by atomic mass is 10.0. The van der Waals surface area contributed by atoms with Crippen molar-refractivity contribution in [2.45, 2.75) is 32.9 Å². The van der Waals surface area contributed by atoms with Gasteiger partial charge in [-0.2, -0.15) is 5.10 Å². The second-order valence-corrected chi connectivity index (χ2v) is 5.86. The molecule has 0 amide bonds. The standard InChI is InChI=1S/C12H20N4S/c1-9(2)11-4-5-17-12(15-11)13-6-10-7-14-16(3)8-10/h7-9,11H,4-6H2,1-3H3,(H,13,15). The number of hydrogen-bond donors (Lipinski definition) is 1. The average Bonchev–Trinajstić information content (AvgIpc) is 2.73. The van der Waals surface area contributed by atoms with Crippen molar-refractivity contribution in [3.8, 4) is 0 Å². The zero-order chi connectivity index (χ0) is 12.3. The maximum Gasteiger partial charge on any atom is 0.157 e. The first kappa shape index (κ1) is 12.5. The van der Waals surface area contributed by atoms with Crippen LogP contribution in [0.15, 0.2) is 17.4 Å². The summed E-state index contributed by atoms with van der Waals surface area (Å²) in [6.07, 6.45) is 5.11. The summed E-state index contributed by atoms with van der Waals surface area (Å²) in [7, 11) is 1.93. The van der Waals surface area contributed by atoms with E-state index in [0.29, 0.717) is 18.5 Å². The number of nitrogens with one attached hydrogen (secondary N) is 1. The van der Waals surface area contributed by atoms with Crippen molar-refractivity contribution in [3.05, 3.63) is 18.0 Å². The van der Waals surface area contributed by atoms with E-state index in [1.807, 2.05) is 35.9 Å². The molecule has 17 heavy (non-hydrogen) atoms. The highest BCUT2D eigenvalue weighted by Crippen LogP contribution is 2.19. The lowest BCUT2D eigenvalue weighted by Gasteiger charge is -2.28. The summed E-state index contributed by atoms with van der Waals surface area (Å²) in [6.45, 7) is 5.23. The first-order valence-corrected chi connectivity index (χ1v) is 7.05. The van der Waals surface area contributed by atoms with Crippen LogP contribution >= 0.6 is 11.8 Å². The van der Waals surface area contributed by atoms with E-state index in [1.54, 1.807) is 0 Å². The summed E-state index contributed by atoms with van der Waals surface area (Å²) in [5, 5.41) is 8.74. The molecule has 4 nitrogen and oxygen atoms in total. The molecule has 0 spiro atoms. The maximum atomic E-state index is 4.61. The normalized spacial score (nSPS) is 23.1. The van der Waals surface area contributed by atoms with E-state index in [2.05, 4.69) is 29.3 Å². The van der Waals surface area contributed by atoms with Gasteiger partial charge in [0.15, 0.2) is 5.17 Å². The lowest BCUT2D eigenvalue weighted by Crippen LogP contribution is -2.41. The Morgan fingerprint density at radius 2 is 2.47 bits per heavy atom. The molecule has 0 aliphatic carbocycles. The summed E-state index contributed by atoms with van der Waals surface area (Å²) in [5.74, 6) is 1.83. The highest BCUT2D eigenvalue weighted by molar-refractivity contribution is 8.13. The third-order valence-corrected chi connectivity index (χ3v) is 3.91. The van der Waals surface area contributed by atoms with Crippen LogP contribution in [0.3, 0.4) is 0 Å². The van der Waals surface area contributed by atoms with E-state index >= 15 is 0 Å². The van der Waals surface area contributed by atoms with Gasteiger partial charge >= 0.3 is 0 Å². The molecule has 1 aromatic rings. The molecule has 1 N–H and O–H groups in total. The van der Waals surface area contributed by atoms with Crippen LogP contribution in [0.2, 0.25) is 0 Å². The molecule has 0 radical (unpaired) electrons. The first-order valence-electron chi connectivity index (χ1n) is 6.06. The van der Waals surface area contributed by atoms with E-state index < -0.39 is 0 Å². The lowest BCUT2D eigenvalue weighted by molar-refractivity contribution is 0.442. The fourth-order valence-corrected chi connectivity index (χ4v) is 2.82. The summed E-state index contributed by atoms with van der Waals surface area (Å²) in [4.78, 5) is 4.61. The van der Waals surface area contributed by atoms with Crippen LogP contribution in [0.5, 0.6) is 0 Å². The van der Waals surface area contributed by atoms with E-state index in [0.717, 1.165) is 10.7 Å². The number of rotatable bonds is 3. The van der Waals surface area contributed by atoms with Crippen molar-refractivity contribution in [2.75, 3.05) is 5.75 Å². The van der Waals surface area contributed by atoms with Crippen LogP contribution in [0.1, 0.15) is 25.8 Å². The fraction of sp³-hybridized carbons (Fsp3) is 0.667. The van der Waals surface area contributed by atoms with E-state index in [1.165, 1.54) is 12.2 Å². The molecule has 1 aromatic heterocycles. The molecule has 0 aromatic carbocycles. The van der Waals surface area contributed by atoms with Gasteiger partial charge in [-0.3, -0.25) is 9.67 Å². The third-order valence-electron chi connectivity index (χ3n) is 2.94. The van der Waals surface area contributed by atoms with Gasteiger partial charge in [0.1, 0.15) is 0 Å². The Balaban J connectivity index is 1.93. The minimum atomic E-state index is 0.573. The predicted octanol–water partition coefficient (Wildman–Crippen LogP) is 2.03. The van der Waals surface area contributed by atoms with Crippen molar-refractivity contribution >= 4 is 16.9 Å². The molecule has 1 aliphatic rings. The SMILES string of the molecule is CC(C)C1CCSC(=NCc2cnn(C)c2)N1. The van der Waals surface area contributed by atoms with Gasteiger partial charge in [-0.05, 0) is 12.3 Å². The van der Waals surface area contributed by atoms with Crippen LogP contribution in [0.25, 0.3) is 0 Å². The van der Waals surface area contributed by atoms with E-state index in [9.17, 15) is 0 Å². The van der Waals surface area contributed by atoms with Crippen LogP contribution < -0.4 is 5.32 Å². The molecule has 94 valence electrons. The molecule has 2 rings (SSSR count). The van der Waals surface area contributed by atoms with Crippen LogP contribution in [-0.4, -0.2) is 26.7 Å². The molecule has 1 saturated heterocycles. The van der Waals surface area contributed by atoms with Crippen molar-refractivity contribution < 1.29 is 0 Å². The van der Waals surface area contributed by atoms with Gasteiger partial charge < -0.3 is 5.32 Å². The Bertz CT molecular complexity index is 397. The van der Waals surface area contributed by atoms with Gasteiger partial charge in [0.25, 0.3) is 0 Å². The summed E-state index contributed by atoms with van der Waals surface area (Å²) >= 11 is 1.82. The Hall–Kier alpha value is -0.970. The summed E-state index contributed by atoms with van der Waals surface area (Å²) < 4.78 is 1.81. The summed E-state index contributed by atoms with van der Waals surface area (Å²) in [5.41, 5.74) is 1.16. The van der Waals surface area contributed by atoms with Crippen molar-refractivity contribution in [1.29, 1.82) is 0 Å². The Morgan fingerprint density at radius 3 is 3.12 bits per heavy atom. The zero-order valence-electron chi connectivity index (χ0n) is 10.7. The minimum Gasteiger partial charge on any atom is -0.362 e. The van der Waals surface area contributed by atoms with Gasteiger partial charge in [-0.15, -0.1) is 0 Å². The Labute approximate surface area is 107 Å². The molecule has 2 heterocycles. The molecule has 0 saturated carbocycles. The van der Waals surface area contributed by atoms with Crippen LogP contribution in [0.4, 0.5) is 0 Å². The largest absolute Gasteiger partial charge is 0.362 e. The molecule has 1 fully saturated rings. The van der Waals surface area contributed by atoms with Gasteiger partial charge in [-0.25, -0.2) is 0 Å². The molecular weight excluding hydrogens is 232 g/mol. The van der Waals surface area contributed by atoms with E-state index in [-0.39, 0.29) is 0 Å². The number of hydrogen-bond acceptors (Lipinski definition) is 3. The van der Waals surface area contributed by atoms with Crippen molar-refractivity contribution in [3.63, 3.8) is 0 Å². The molecule has 0 bridgehead atoms. The fourth-order valence-electron chi connectivity index (χ4n) is 1.86. The third kappa shape index (κ3) is 3.49. The topological polar surface area (TPSA) is 42.2 Å². The van der Waals surface area contributed by atoms with Gasteiger partial charge in [-0.1, -0.05) is 25.6 Å². The second kappa shape index (κ2) is 5.58. The van der Waals surface area contributed by atoms with Crippen molar-refractivity contribution in [2.24, 2.45) is 18.0 Å². The van der Waals surface area contributed by atoms with E-state index in [4.69, 9.17) is 0 Å². The monoisotopic (exact) mass is 252 g/mol. The number of aryl methyl sites for hydroxylation is 1. The van der Waals surface area contributed by atoms with Crippen molar-refractivity contribution in [1.82, 2.24) is 15.1 Å². The van der Waals surface area contributed by atoms with Gasteiger partial charge in [0.05, 0.1) is 12.7 Å². The molecular formula is C12H20N4S. The zero-order valence-corrected chi connectivity index (χ0v) is 11.5. The maximum absolute atomic E-state index is 4.61. The summed E-state index contributed by atoms with van der Waals surface area (Å²) in [6, 6.07) is 0.573. The number of aromatic nitrogens is 2. The first-order chi connectivity index (χ1) is 8.15. The predicted molar refractivity (Wildman–Crippen MR) is 73.2 cm³/mol. The van der Waals surface area contributed by atoms with Crippen LogP contribution in [-0.2, 0) is 13.6 Å². The highest BCUT2D eigenvalue weighted by atomic mass is 32.2. The molecule has 1 aliphatic heterocycles. The second-order valence-electron chi connectivity index (χ2n) is 4.78. The van der Waals surface area contributed by atoms with Gasteiger partial charge in [0.2, 0.25) is 0 Å². The molecule has 1 atom stereocenters. The highest BCUT2D eigenvalue weighted by Gasteiger charge is 2.19. The Morgan fingerprint density at radius 1 is 1.65 bits per heavy atom. The quantitative estimate of drug-likeness (QED) is 0.895. The smallest absolute Gasteiger partial charge is 0.157 e. The number of aliphatic imine (C=N–C) groups is 1. The average molecular weight is 252 g/mol. The molecule has 5 heteroatoms. The molecule has 1 unspecified atom stereocenters. The Kier molecular flexibility index (Phi) is 4.10. The number of thioether (sulfide) groups is 1. The number of amidine groups is 1. The van der Waals surface area contributed by atoms with Crippen LogP contribution in [0, 0.1) is 5.92 Å². The number of nitrogens with zero attached hydrogens (tertiary/aromatic N) is 3. The van der Waals surface area contributed by atoms with Gasteiger partial charge in [0, 0.05) is 30.6 Å².